The van der Waals surface area contributed by atoms with Gasteiger partial charge in [-0.2, -0.15) is 0 Å². The third-order valence-corrected chi connectivity index (χ3v) is 5.10. The number of rotatable bonds is 2. The quantitative estimate of drug-likeness (QED) is 0.893. The maximum Gasteiger partial charge on any atom is 0.227 e. The molecule has 1 N–H and O–H groups in total. The van der Waals surface area contributed by atoms with Gasteiger partial charge in [0.2, 0.25) is 5.91 Å². The minimum atomic E-state index is -0.0188. The Morgan fingerprint density at radius 1 is 1.40 bits per heavy atom. The number of hydrogen-bond donors (Lipinski definition) is 1. The average Bonchev–Trinajstić information content (AvgIpc) is 2.92. The second-order valence-electron chi connectivity index (χ2n) is 6.85. The van der Waals surface area contributed by atoms with E-state index in [1.807, 2.05) is 6.07 Å². The SMILES string of the molecule is Cc1cccc(CC(=O)N2CC3CNCC3C2(C)C)c1. The number of nitrogens with zero attached hydrogens (tertiary/aromatic N) is 1. The summed E-state index contributed by atoms with van der Waals surface area (Å²) in [5.41, 5.74) is 2.33. The van der Waals surface area contributed by atoms with Crippen LogP contribution in [0.4, 0.5) is 0 Å². The summed E-state index contributed by atoms with van der Waals surface area (Å²) in [6, 6.07) is 8.27. The van der Waals surface area contributed by atoms with Crippen molar-refractivity contribution in [3.63, 3.8) is 0 Å². The van der Waals surface area contributed by atoms with Crippen molar-refractivity contribution in [1.29, 1.82) is 0 Å². The Balaban J connectivity index is 1.75. The van der Waals surface area contributed by atoms with Crippen LogP contribution in [0.2, 0.25) is 0 Å². The molecule has 3 nitrogen and oxygen atoms in total. The molecule has 1 aromatic rings. The zero-order valence-corrected chi connectivity index (χ0v) is 12.6. The third kappa shape index (κ3) is 2.24. The van der Waals surface area contributed by atoms with Gasteiger partial charge in [0.15, 0.2) is 0 Å². The smallest absolute Gasteiger partial charge is 0.227 e. The topological polar surface area (TPSA) is 32.3 Å². The molecule has 1 aromatic carbocycles. The van der Waals surface area contributed by atoms with Gasteiger partial charge >= 0.3 is 0 Å². The Kier molecular flexibility index (Phi) is 3.33. The number of hydrogen-bond acceptors (Lipinski definition) is 2. The Bertz CT molecular complexity index is 523. The molecular formula is C17H24N2O. The summed E-state index contributed by atoms with van der Waals surface area (Å²) in [7, 11) is 0. The first-order valence-corrected chi connectivity index (χ1v) is 7.55. The summed E-state index contributed by atoms with van der Waals surface area (Å²) in [5.74, 6) is 1.51. The lowest BCUT2D eigenvalue weighted by Crippen LogP contribution is -2.48. The van der Waals surface area contributed by atoms with Gasteiger partial charge < -0.3 is 10.2 Å². The van der Waals surface area contributed by atoms with Crippen LogP contribution in [0.15, 0.2) is 24.3 Å². The molecule has 2 heterocycles. The highest BCUT2D eigenvalue weighted by Crippen LogP contribution is 2.40. The monoisotopic (exact) mass is 272 g/mol. The minimum Gasteiger partial charge on any atom is -0.337 e. The van der Waals surface area contributed by atoms with Gasteiger partial charge in [0.25, 0.3) is 0 Å². The predicted octanol–water partition coefficient (Wildman–Crippen LogP) is 1.99. The van der Waals surface area contributed by atoms with Crippen molar-refractivity contribution in [2.45, 2.75) is 32.7 Å². The predicted molar refractivity (Wildman–Crippen MR) is 80.5 cm³/mol. The van der Waals surface area contributed by atoms with Gasteiger partial charge in [0.1, 0.15) is 0 Å². The average molecular weight is 272 g/mol. The third-order valence-electron chi connectivity index (χ3n) is 5.10. The van der Waals surface area contributed by atoms with Crippen molar-refractivity contribution in [2.75, 3.05) is 19.6 Å². The van der Waals surface area contributed by atoms with Gasteiger partial charge in [0, 0.05) is 25.2 Å². The number of nitrogens with one attached hydrogen (secondary N) is 1. The molecule has 20 heavy (non-hydrogen) atoms. The molecule has 1 amide bonds. The fourth-order valence-electron chi connectivity index (χ4n) is 3.94. The Morgan fingerprint density at radius 2 is 2.20 bits per heavy atom. The normalized spacial score (nSPS) is 27.6. The summed E-state index contributed by atoms with van der Waals surface area (Å²) < 4.78 is 0. The van der Waals surface area contributed by atoms with E-state index in [0.29, 0.717) is 18.3 Å². The second kappa shape index (κ2) is 4.88. The van der Waals surface area contributed by atoms with E-state index in [1.54, 1.807) is 0 Å². The largest absolute Gasteiger partial charge is 0.337 e. The number of amides is 1. The Hall–Kier alpha value is -1.35. The van der Waals surface area contributed by atoms with Crippen LogP contribution in [0.3, 0.4) is 0 Å². The first-order valence-electron chi connectivity index (χ1n) is 7.55. The van der Waals surface area contributed by atoms with Gasteiger partial charge in [-0.25, -0.2) is 0 Å². The van der Waals surface area contributed by atoms with Crippen molar-refractivity contribution in [1.82, 2.24) is 10.2 Å². The fourth-order valence-corrected chi connectivity index (χ4v) is 3.94. The van der Waals surface area contributed by atoms with Gasteiger partial charge in [0.05, 0.1) is 6.42 Å². The summed E-state index contributed by atoms with van der Waals surface area (Å²) in [4.78, 5) is 14.8. The molecule has 0 aromatic heterocycles. The molecule has 2 aliphatic heterocycles. The molecule has 2 unspecified atom stereocenters. The van der Waals surface area contributed by atoms with Crippen LogP contribution in [0, 0.1) is 18.8 Å². The molecule has 2 atom stereocenters. The van der Waals surface area contributed by atoms with Crippen LogP contribution in [0.5, 0.6) is 0 Å². The van der Waals surface area contributed by atoms with Gasteiger partial charge in [-0.3, -0.25) is 4.79 Å². The number of benzene rings is 1. The highest BCUT2D eigenvalue weighted by molar-refractivity contribution is 5.80. The lowest BCUT2D eigenvalue weighted by Gasteiger charge is -2.35. The second-order valence-corrected chi connectivity index (χ2v) is 6.85. The first kappa shape index (κ1) is 13.6. The molecule has 0 aliphatic carbocycles. The lowest BCUT2D eigenvalue weighted by molar-refractivity contribution is -0.134. The van der Waals surface area contributed by atoms with E-state index in [-0.39, 0.29) is 11.4 Å². The number of carbonyl (C=O) groups is 1. The summed E-state index contributed by atoms with van der Waals surface area (Å²) in [6.45, 7) is 9.53. The molecular weight excluding hydrogens is 248 g/mol. The van der Waals surface area contributed by atoms with Crippen LogP contribution in [0.1, 0.15) is 25.0 Å². The molecule has 3 heteroatoms. The first-order chi connectivity index (χ1) is 9.48. The lowest BCUT2D eigenvalue weighted by atomic mass is 9.85. The number of fused-ring (bicyclic) bond motifs is 1. The molecule has 0 radical (unpaired) electrons. The van der Waals surface area contributed by atoms with Crippen LogP contribution >= 0.6 is 0 Å². The highest BCUT2D eigenvalue weighted by Gasteiger charge is 2.50. The molecule has 2 fully saturated rings. The van der Waals surface area contributed by atoms with Gasteiger partial charge in [-0.05, 0) is 38.2 Å². The Labute approximate surface area is 121 Å². The van der Waals surface area contributed by atoms with E-state index < -0.39 is 0 Å². The molecule has 2 aliphatic rings. The van der Waals surface area contributed by atoms with Crippen LogP contribution < -0.4 is 5.32 Å². The molecule has 3 rings (SSSR count). The molecule has 0 saturated carbocycles. The zero-order valence-electron chi connectivity index (χ0n) is 12.6. The van der Waals surface area contributed by atoms with Crippen molar-refractivity contribution >= 4 is 5.91 Å². The van der Waals surface area contributed by atoms with E-state index in [2.05, 4.69) is 49.2 Å². The maximum atomic E-state index is 12.7. The van der Waals surface area contributed by atoms with Crippen molar-refractivity contribution in [3.8, 4) is 0 Å². The maximum absolute atomic E-state index is 12.7. The molecule has 0 bridgehead atoms. The van der Waals surface area contributed by atoms with E-state index in [1.165, 1.54) is 5.56 Å². The molecule has 2 saturated heterocycles. The van der Waals surface area contributed by atoms with Gasteiger partial charge in [-0.15, -0.1) is 0 Å². The fraction of sp³-hybridized carbons (Fsp3) is 0.588. The number of likely N-dealkylation sites (tertiary alicyclic amines) is 1. The summed E-state index contributed by atoms with van der Waals surface area (Å²) >= 11 is 0. The highest BCUT2D eigenvalue weighted by atomic mass is 16.2. The summed E-state index contributed by atoms with van der Waals surface area (Å²) in [6.07, 6.45) is 0.526. The Morgan fingerprint density at radius 3 is 2.90 bits per heavy atom. The van der Waals surface area contributed by atoms with E-state index in [4.69, 9.17) is 0 Å². The van der Waals surface area contributed by atoms with Crippen LogP contribution in [0.25, 0.3) is 0 Å². The van der Waals surface area contributed by atoms with E-state index in [0.717, 1.165) is 25.2 Å². The number of carbonyl (C=O) groups excluding carboxylic acids is 1. The van der Waals surface area contributed by atoms with Crippen molar-refractivity contribution < 1.29 is 4.79 Å². The minimum absolute atomic E-state index is 0.0188. The zero-order chi connectivity index (χ0) is 14.3. The van der Waals surface area contributed by atoms with Crippen molar-refractivity contribution in [2.24, 2.45) is 11.8 Å². The van der Waals surface area contributed by atoms with Crippen LogP contribution in [-0.4, -0.2) is 36.0 Å². The van der Waals surface area contributed by atoms with Crippen molar-refractivity contribution in [3.05, 3.63) is 35.4 Å². The standard InChI is InChI=1S/C17H24N2O/c1-12-5-4-6-13(7-12)8-16(20)19-11-14-9-18-10-15(14)17(19,2)3/h4-7,14-15,18H,8-11H2,1-3H3. The van der Waals surface area contributed by atoms with Gasteiger partial charge in [-0.1, -0.05) is 29.8 Å². The van der Waals surface area contributed by atoms with Crippen LogP contribution in [-0.2, 0) is 11.2 Å². The van der Waals surface area contributed by atoms with E-state index >= 15 is 0 Å². The van der Waals surface area contributed by atoms with E-state index in [9.17, 15) is 4.79 Å². The molecule has 0 spiro atoms. The molecule has 108 valence electrons. The number of aryl methyl sites for hydroxylation is 1. The summed E-state index contributed by atoms with van der Waals surface area (Å²) in [5, 5.41) is 3.46.